The highest BCUT2D eigenvalue weighted by atomic mass is 35.5. The molecule has 2 rings (SSSR count). The molecule has 0 bridgehead atoms. The van der Waals surface area contributed by atoms with E-state index < -0.39 is 17.8 Å². The zero-order valence-corrected chi connectivity index (χ0v) is 10.6. The summed E-state index contributed by atoms with van der Waals surface area (Å²) in [5, 5.41) is 1.49. The van der Waals surface area contributed by atoms with Crippen LogP contribution in [0.4, 0.5) is 13.2 Å². The topological polar surface area (TPSA) is 26.0 Å². The lowest BCUT2D eigenvalue weighted by Gasteiger charge is -2.16. The molecule has 0 unspecified atom stereocenters. The molecular weight excluding hydrogens is 283 g/mol. The summed E-state index contributed by atoms with van der Waals surface area (Å²) in [5.74, 6) is 0. The minimum Gasteiger partial charge on any atom is -0.320 e. The van der Waals surface area contributed by atoms with Crippen LogP contribution in [-0.4, -0.2) is 0 Å². The van der Waals surface area contributed by atoms with E-state index in [1.807, 2.05) is 5.38 Å². The standard InChI is InChI=1S/C12H9ClF3NS/c13-10-7(11(17)9-5-2-6-18-9)3-1-4-8(10)12(14,15)16/h1-6,11H,17H2/t11-/m0/s1. The predicted octanol–water partition coefficient (Wildman–Crippen LogP) is 4.47. The fraction of sp³-hybridized carbons (Fsp3) is 0.167. The maximum Gasteiger partial charge on any atom is 0.417 e. The van der Waals surface area contributed by atoms with Gasteiger partial charge in [-0.05, 0) is 23.1 Å². The van der Waals surface area contributed by atoms with E-state index in [4.69, 9.17) is 17.3 Å². The highest BCUT2D eigenvalue weighted by molar-refractivity contribution is 7.10. The molecule has 6 heteroatoms. The maximum atomic E-state index is 12.7. The molecule has 1 nitrogen and oxygen atoms in total. The van der Waals surface area contributed by atoms with Gasteiger partial charge in [-0.25, -0.2) is 0 Å². The van der Waals surface area contributed by atoms with Crippen molar-refractivity contribution in [2.45, 2.75) is 12.2 Å². The van der Waals surface area contributed by atoms with Crippen LogP contribution in [0.2, 0.25) is 5.02 Å². The summed E-state index contributed by atoms with van der Waals surface area (Å²) in [4.78, 5) is 0.774. The molecule has 1 aromatic carbocycles. The third-order valence-corrected chi connectivity index (χ3v) is 3.90. The highest BCUT2D eigenvalue weighted by Gasteiger charge is 2.34. The molecule has 2 N–H and O–H groups in total. The van der Waals surface area contributed by atoms with E-state index in [1.54, 1.807) is 12.1 Å². The molecule has 96 valence electrons. The zero-order valence-electron chi connectivity index (χ0n) is 9.04. The van der Waals surface area contributed by atoms with Gasteiger partial charge >= 0.3 is 6.18 Å². The SMILES string of the molecule is N[C@H](c1cccs1)c1cccc(C(F)(F)F)c1Cl. The first-order valence-electron chi connectivity index (χ1n) is 5.06. The number of halogens is 4. The van der Waals surface area contributed by atoms with Crippen LogP contribution in [0.25, 0.3) is 0 Å². The first-order chi connectivity index (χ1) is 8.41. The summed E-state index contributed by atoms with van der Waals surface area (Å²) in [7, 11) is 0. The van der Waals surface area contributed by atoms with Crippen molar-refractivity contribution in [1.82, 2.24) is 0 Å². The Labute approximate surface area is 111 Å². The number of thiophene rings is 1. The lowest BCUT2D eigenvalue weighted by Crippen LogP contribution is -2.14. The lowest BCUT2D eigenvalue weighted by atomic mass is 10.0. The molecule has 0 aliphatic carbocycles. The molecule has 0 amide bonds. The predicted molar refractivity (Wildman–Crippen MR) is 66.8 cm³/mol. The first-order valence-corrected chi connectivity index (χ1v) is 6.31. The second kappa shape index (κ2) is 4.91. The second-order valence-electron chi connectivity index (χ2n) is 3.70. The van der Waals surface area contributed by atoms with Crippen molar-refractivity contribution in [3.8, 4) is 0 Å². The van der Waals surface area contributed by atoms with Gasteiger partial charge in [-0.15, -0.1) is 11.3 Å². The van der Waals surface area contributed by atoms with Gasteiger partial charge in [-0.2, -0.15) is 13.2 Å². The molecule has 0 saturated carbocycles. The van der Waals surface area contributed by atoms with Gasteiger partial charge in [0.05, 0.1) is 16.6 Å². The average Bonchev–Trinajstić information content (AvgIpc) is 2.80. The third-order valence-electron chi connectivity index (χ3n) is 2.52. The maximum absolute atomic E-state index is 12.7. The van der Waals surface area contributed by atoms with Crippen LogP contribution in [0.15, 0.2) is 35.7 Å². The first kappa shape index (κ1) is 13.4. The van der Waals surface area contributed by atoms with Crippen molar-refractivity contribution < 1.29 is 13.2 Å². The van der Waals surface area contributed by atoms with E-state index in [0.29, 0.717) is 0 Å². The fourth-order valence-electron chi connectivity index (χ4n) is 1.63. The number of nitrogens with two attached hydrogens (primary N) is 1. The van der Waals surface area contributed by atoms with Crippen LogP contribution in [-0.2, 0) is 6.18 Å². The molecule has 0 radical (unpaired) electrons. The molecule has 0 fully saturated rings. The summed E-state index contributed by atoms with van der Waals surface area (Å²) in [6.07, 6.45) is -4.47. The van der Waals surface area contributed by atoms with Crippen molar-refractivity contribution in [2.24, 2.45) is 5.73 Å². The Morgan fingerprint density at radius 1 is 1.17 bits per heavy atom. The normalized spacial score (nSPS) is 13.6. The van der Waals surface area contributed by atoms with Crippen LogP contribution in [0.1, 0.15) is 22.0 Å². The molecule has 1 atom stereocenters. The van der Waals surface area contributed by atoms with Crippen molar-refractivity contribution in [3.63, 3.8) is 0 Å². The number of hydrogen-bond donors (Lipinski definition) is 1. The monoisotopic (exact) mass is 291 g/mol. The van der Waals surface area contributed by atoms with Crippen LogP contribution in [0.3, 0.4) is 0 Å². The minimum absolute atomic E-state index is 0.286. The van der Waals surface area contributed by atoms with E-state index in [-0.39, 0.29) is 10.6 Å². The lowest BCUT2D eigenvalue weighted by molar-refractivity contribution is -0.137. The fourth-order valence-corrected chi connectivity index (χ4v) is 2.73. The number of hydrogen-bond acceptors (Lipinski definition) is 2. The summed E-state index contributed by atoms with van der Waals surface area (Å²) >= 11 is 7.19. The Kier molecular flexibility index (Phi) is 3.66. The molecule has 18 heavy (non-hydrogen) atoms. The number of rotatable bonds is 2. The molecule has 0 aliphatic rings. The Hall–Kier alpha value is -1.04. The Morgan fingerprint density at radius 3 is 2.44 bits per heavy atom. The minimum atomic E-state index is -4.47. The Morgan fingerprint density at radius 2 is 1.89 bits per heavy atom. The average molecular weight is 292 g/mol. The molecule has 0 aliphatic heterocycles. The quantitative estimate of drug-likeness (QED) is 0.868. The number of benzene rings is 1. The zero-order chi connectivity index (χ0) is 13.3. The Balaban J connectivity index is 2.47. The van der Waals surface area contributed by atoms with E-state index in [1.165, 1.54) is 23.5 Å². The smallest absolute Gasteiger partial charge is 0.320 e. The van der Waals surface area contributed by atoms with Crippen molar-refractivity contribution in [1.29, 1.82) is 0 Å². The summed E-state index contributed by atoms with van der Waals surface area (Å²) < 4.78 is 38.1. The van der Waals surface area contributed by atoms with Gasteiger partial charge in [0.15, 0.2) is 0 Å². The van der Waals surface area contributed by atoms with Crippen molar-refractivity contribution in [2.75, 3.05) is 0 Å². The largest absolute Gasteiger partial charge is 0.417 e. The summed E-state index contributed by atoms with van der Waals surface area (Å²) in [6.45, 7) is 0. The van der Waals surface area contributed by atoms with Crippen LogP contribution in [0.5, 0.6) is 0 Å². The van der Waals surface area contributed by atoms with E-state index in [2.05, 4.69) is 0 Å². The van der Waals surface area contributed by atoms with Gasteiger partial charge in [0.1, 0.15) is 0 Å². The van der Waals surface area contributed by atoms with Gasteiger partial charge in [0.25, 0.3) is 0 Å². The summed E-state index contributed by atoms with van der Waals surface area (Å²) in [5.41, 5.74) is 5.37. The van der Waals surface area contributed by atoms with Gasteiger partial charge in [-0.1, -0.05) is 29.8 Å². The van der Waals surface area contributed by atoms with Crippen molar-refractivity contribution >= 4 is 22.9 Å². The highest BCUT2D eigenvalue weighted by Crippen LogP contribution is 2.39. The summed E-state index contributed by atoms with van der Waals surface area (Å²) in [6, 6.07) is 6.71. The van der Waals surface area contributed by atoms with Gasteiger partial charge in [0, 0.05) is 4.88 Å². The van der Waals surface area contributed by atoms with Gasteiger partial charge in [-0.3, -0.25) is 0 Å². The molecule has 2 aromatic rings. The molecule has 0 saturated heterocycles. The molecule has 1 aromatic heterocycles. The Bertz CT molecular complexity index is 537. The van der Waals surface area contributed by atoms with E-state index in [9.17, 15) is 13.2 Å². The van der Waals surface area contributed by atoms with Crippen LogP contribution in [0, 0.1) is 0 Å². The van der Waals surface area contributed by atoms with Gasteiger partial charge in [0.2, 0.25) is 0 Å². The third kappa shape index (κ3) is 2.53. The number of alkyl halides is 3. The molecular formula is C12H9ClF3NS. The molecule has 0 spiro atoms. The van der Waals surface area contributed by atoms with E-state index >= 15 is 0 Å². The van der Waals surface area contributed by atoms with E-state index in [0.717, 1.165) is 10.9 Å². The van der Waals surface area contributed by atoms with Crippen LogP contribution < -0.4 is 5.73 Å². The second-order valence-corrected chi connectivity index (χ2v) is 5.06. The van der Waals surface area contributed by atoms with Gasteiger partial charge < -0.3 is 5.73 Å². The molecule has 1 heterocycles. The van der Waals surface area contributed by atoms with Crippen molar-refractivity contribution in [3.05, 3.63) is 56.7 Å². The van der Waals surface area contributed by atoms with Crippen LogP contribution >= 0.6 is 22.9 Å².